The largest absolute Gasteiger partial charge is 0.503 e. The van der Waals surface area contributed by atoms with Crippen molar-refractivity contribution in [1.29, 1.82) is 0 Å². The normalized spacial score (nSPS) is 14.7. The van der Waals surface area contributed by atoms with Crippen molar-refractivity contribution >= 4 is 72.6 Å². The zero-order valence-electron chi connectivity index (χ0n) is 24.4. The van der Waals surface area contributed by atoms with Crippen LogP contribution in [0, 0.1) is 0 Å². The van der Waals surface area contributed by atoms with E-state index in [1.165, 1.54) is 24.2 Å². The number of halogens is 2. The van der Waals surface area contributed by atoms with Gasteiger partial charge in [-0.2, -0.15) is 4.99 Å². The average molecular weight is 751 g/mol. The highest BCUT2D eigenvalue weighted by atomic mass is 79.9. The number of carbonyl (C=O) groups excluding carboxylic acids is 3. The smallest absolute Gasteiger partial charge is 0.285 e. The third kappa shape index (κ3) is 7.91. The highest BCUT2D eigenvalue weighted by Gasteiger charge is 2.35. The SMILES string of the molecule is C=C/C=C\C(=C/C)N1C(=O)/C(=C/c2cc(OC)c(O)c(Br)c2Br)C(=O)N=C1SCC(=O)NC(c1ccccc1)c1ccccc1. The van der Waals surface area contributed by atoms with Gasteiger partial charge < -0.3 is 15.2 Å². The topological polar surface area (TPSA) is 108 Å². The Morgan fingerprint density at radius 1 is 1.09 bits per heavy atom. The van der Waals surface area contributed by atoms with Gasteiger partial charge >= 0.3 is 0 Å². The molecule has 8 nitrogen and oxygen atoms in total. The van der Waals surface area contributed by atoms with Gasteiger partial charge in [-0.3, -0.25) is 19.3 Å². The summed E-state index contributed by atoms with van der Waals surface area (Å²) in [5, 5.41) is 13.4. The summed E-state index contributed by atoms with van der Waals surface area (Å²) in [4.78, 5) is 46.1. The molecule has 11 heteroatoms. The maximum absolute atomic E-state index is 14.0. The standard InChI is InChI=1S/C34H29Br2N3O5S/c1-4-6-17-24(5-2)39-33(43)25(18-23-19-26(44-3)31(41)29(36)28(23)35)32(42)38-34(39)45-20-27(40)37-30(21-13-9-7-10-14-21)22-15-11-8-12-16-22/h4-19,30,41H,1,20H2,2-3H3,(H,37,40)/b17-6-,24-5+,25-18+. The lowest BCUT2D eigenvalue weighted by molar-refractivity contribution is -0.126. The lowest BCUT2D eigenvalue weighted by atomic mass is 9.99. The Bertz CT molecular complexity index is 1700. The number of aromatic hydroxyl groups is 1. The minimum Gasteiger partial charge on any atom is -0.503 e. The van der Waals surface area contributed by atoms with E-state index in [-0.39, 0.29) is 33.9 Å². The minimum atomic E-state index is -0.774. The summed E-state index contributed by atoms with van der Waals surface area (Å²) < 4.78 is 5.93. The number of nitrogens with one attached hydrogen (secondary N) is 1. The number of carbonyl (C=O) groups is 3. The first-order valence-corrected chi connectivity index (χ1v) is 16.2. The van der Waals surface area contributed by atoms with Crippen molar-refractivity contribution in [1.82, 2.24) is 10.2 Å². The van der Waals surface area contributed by atoms with E-state index < -0.39 is 17.9 Å². The van der Waals surface area contributed by atoms with Gasteiger partial charge in [-0.25, -0.2) is 0 Å². The summed E-state index contributed by atoms with van der Waals surface area (Å²) in [6.07, 6.45) is 7.94. The molecule has 0 saturated heterocycles. The van der Waals surface area contributed by atoms with E-state index >= 15 is 0 Å². The fourth-order valence-corrected chi connectivity index (χ4v) is 6.07. The van der Waals surface area contributed by atoms with E-state index in [9.17, 15) is 19.5 Å². The van der Waals surface area contributed by atoms with Gasteiger partial charge in [-0.1, -0.05) is 97.2 Å². The highest BCUT2D eigenvalue weighted by Crippen LogP contribution is 2.42. The van der Waals surface area contributed by atoms with Crippen LogP contribution < -0.4 is 10.1 Å². The average Bonchev–Trinajstić information content (AvgIpc) is 3.06. The molecule has 2 N–H and O–H groups in total. The quantitative estimate of drug-likeness (QED) is 0.128. The summed E-state index contributed by atoms with van der Waals surface area (Å²) in [6, 6.07) is 20.3. The predicted molar refractivity (Wildman–Crippen MR) is 186 cm³/mol. The molecule has 0 spiro atoms. The van der Waals surface area contributed by atoms with Crippen LogP contribution in [0.5, 0.6) is 11.5 Å². The van der Waals surface area contributed by atoms with Crippen LogP contribution in [0.25, 0.3) is 6.08 Å². The van der Waals surface area contributed by atoms with Gasteiger partial charge in [0.15, 0.2) is 16.7 Å². The lowest BCUT2D eigenvalue weighted by Crippen LogP contribution is -2.42. The molecule has 0 aromatic heterocycles. The minimum absolute atomic E-state index is 0.0543. The van der Waals surface area contributed by atoms with Crippen molar-refractivity contribution in [2.45, 2.75) is 13.0 Å². The van der Waals surface area contributed by atoms with Crippen LogP contribution in [0.4, 0.5) is 0 Å². The number of allylic oxidation sites excluding steroid dienone is 4. The van der Waals surface area contributed by atoms with E-state index in [2.05, 4.69) is 48.7 Å². The van der Waals surface area contributed by atoms with Crippen LogP contribution >= 0.6 is 43.6 Å². The Labute approximate surface area is 282 Å². The highest BCUT2D eigenvalue weighted by molar-refractivity contribution is 9.13. The third-order valence-corrected chi connectivity index (χ3v) is 9.70. The molecule has 1 aliphatic heterocycles. The first-order valence-electron chi connectivity index (χ1n) is 13.6. The number of thioether (sulfide) groups is 1. The van der Waals surface area contributed by atoms with Gasteiger partial charge in [0, 0.05) is 10.2 Å². The molecule has 0 saturated carbocycles. The zero-order chi connectivity index (χ0) is 32.5. The van der Waals surface area contributed by atoms with E-state index in [4.69, 9.17) is 4.74 Å². The van der Waals surface area contributed by atoms with Crippen LogP contribution in [-0.4, -0.2) is 45.8 Å². The molecule has 0 radical (unpaired) electrons. The Balaban J connectivity index is 1.67. The number of hydrogen-bond donors (Lipinski definition) is 2. The van der Waals surface area contributed by atoms with Gasteiger partial charge in [-0.05, 0) is 73.7 Å². The molecule has 3 amide bonds. The van der Waals surface area contributed by atoms with Gasteiger partial charge in [0.2, 0.25) is 5.91 Å². The first-order chi connectivity index (χ1) is 21.7. The molecule has 3 aromatic carbocycles. The summed E-state index contributed by atoms with van der Waals surface area (Å²) in [5.74, 6) is -1.83. The number of nitrogens with zero attached hydrogens (tertiary/aromatic N) is 2. The third-order valence-electron chi connectivity index (χ3n) is 6.61. The van der Waals surface area contributed by atoms with Gasteiger partial charge in [-0.15, -0.1) is 0 Å². The van der Waals surface area contributed by atoms with E-state index in [1.54, 1.807) is 31.2 Å². The molecule has 1 heterocycles. The van der Waals surface area contributed by atoms with Crippen molar-refractivity contribution in [3.63, 3.8) is 0 Å². The number of phenols is 1. The number of amidine groups is 1. The number of rotatable bonds is 10. The summed E-state index contributed by atoms with van der Waals surface area (Å²) >= 11 is 7.67. The van der Waals surface area contributed by atoms with Crippen molar-refractivity contribution in [2.75, 3.05) is 12.9 Å². The Kier molecular flexibility index (Phi) is 11.8. The van der Waals surface area contributed by atoms with Crippen molar-refractivity contribution in [3.05, 3.63) is 135 Å². The van der Waals surface area contributed by atoms with Gasteiger partial charge in [0.25, 0.3) is 11.8 Å². The second-order valence-electron chi connectivity index (χ2n) is 9.46. The van der Waals surface area contributed by atoms with E-state index in [0.29, 0.717) is 20.2 Å². The predicted octanol–water partition coefficient (Wildman–Crippen LogP) is 7.32. The molecule has 0 fully saturated rings. The van der Waals surface area contributed by atoms with E-state index in [1.807, 2.05) is 60.7 Å². The number of ether oxygens (including phenoxy) is 1. The van der Waals surface area contributed by atoms with Gasteiger partial charge in [0.1, 0.15) is 5.57 Å². The number of benzene rings is 3. The molecule has 4 rings (SSSR count). The lowest BCUT2D eigenvalue weighted by Gasteiger charge is -2.28. The summed E-state index contributed by atoms with van der Waals surface area (Å²) in [6.45, 7) is 5.44. The maximum atomic E-state index is 14.0. The molecule has 0 unspecified atom stereocenters. The van der Waals surface area contributed by atoms with Crippen molar-refractivity contribution in [2.24, 2.45) is 4.99 Å². The molecule has 45 heavy (non-hydrogen) atoms. The second-order valence-corrected chi connectivity index (χ2v) is 12.0. The molecule has 3 aromatic rings. The summed E-state index contributed by atoms with van der Waals surface area (Å²) in [5.41, 5.74) is 2.43. The van der Waals surface area contributed by atoms with Crippen LogP contribution in [0.15, 0.2) is 123 Å². The monoisotopic (exact) mass is 749 g/mol. The Morgan fingerprint density at radius 3 is 2.27 bits per heavy atom. The molecular formula is C34H29Br2N3O5S. The molecule has 0 aliphatic carbocycles. The van der Waals surface area contributed by atoms with Crippen molar-refractivity contribution < 1.29 is 24.2 Å². The molecule has 0 atom stereocenters. The zero-order valence-corrected chi connectivity index (χ0v) is 28.4. The molecule has 0 bridgehead atoms. The van der Waals surface area contributed by atoms with Crippen LogP contribution in [0.2, 0.25) is 0 Å². The number of aliphatic imine (C=N–C) groups is 1. The Morgan fingerprint density at radius 2 is 1.71 bits per heavy atom. The number of methoxy groups -OCH3 is 1. The molecule has 1 aliphatic rings. The fourth-order valence-electron chi connectivity index (χ4n) is 4.42. The van der Waals surface area contributed by atoms with Gasteiger partial charge in [0.05, 0.1) is 23.4 Å². The second kappa shape index (κ2) is 15.7. The number of phenolic OH excluding ortho intramolecular Hbond substituents is 1. The summed E-state index contributed by atoms with van der Waals surface area (Å²) in [7, 11) is 1.39. The van der Waals surface area contributed by atoms with E-state index in [0.717, 1.165) is 22.9 Å². The Hall–Kier alpha value is -4.19. The first kappa shape index (κ1) is 33.7. The number of amides is 3. The molecule has 230 valence electrons. The number of hydrogen-bond acceptors (Lipinski definition) is 6. The molecular weight excluding hydrogens is 722 g/mol. The van der Waals surface area contributed by atoms with Crippen LogP contribution in [-0.2, 0) is 14.4 Å². The fraction of sp³-hybridized carbons (Fsp3) is 0.118. The maximum Gasteiger partial charge on any atom is 0.285 e. The van der Waals surface area contributed by atoms with Crippen LogP contribution in [0.3, 0.4) is 0 Å². The van der Waals surface area contributed by atoms with Crippen LogP contribution in [0.1, 0.15) is 29.7 Å². The van der Waals surface area contributed by atoms with Crippen molar-refractivity contribution in [3.8, 4) is 11.5 Å².